The lowest BCUT2D eigenvalue weighted by molar-refractivity contribution is 0.387. The summed E-state index contributed by atoms with van der Waals surface area (Å²) < 4.78 is 1.13. The van der Waals surface area contributed by atoms with Gasteiger partial charge >= 0.3 is 0 Å². The van der Waals surface area contributed by atoms with Crippen LogP contribution in [0.3, 0.4) is 0 Å². The Labute approximate surface area is 172 Å². The lowest BCUT2D eigenvalue weighted by atomic mass is 10.0. The van der Waals surface area contributed by atoms with Gasteiger partial charge in [-0.1, -0.05) is 12.1 Å². The highest BCUT2D eigenvalue weighted by atomic mass is 32.1. The Balaban J connectivity index is 1.31. The maximum atomic E-state index is 4.60. The van der Waals surface area contributed by atoms with E-state index in [1.807, 2.05) is 17.9 Å². The third kappa shape index (κ3) is 2.82. The zero-order chi connectivity index (χ0) is 19.4. The monoisotopic (exact) mass is 403 g/mol. The summed E-state index contributed by atoms with van der Waals surface area (Å²) in [7, 11) is 2.22. The van der Waals surface area contributed by atoms with Gasteiger partial charge in [-0.3, -0.25) is 5.10 Å². The number of rotatable bonds is 3. The number of hydrogen-bond donors (Lipinski definition) is 1. The molecule has 0 amide bonds. The Morgan fingerprint density at radius 3 is 2.55 bits per heavy atom. The van der Waals surface area contributed by atoms with Crippen LogP contribution < -0.4 is 4.90 Å². The molecule has 5 heterocycles. The lowest BCUT2D eigenvalue weighted by Crippen LogP contribution is -2.27. The first-order valence-corrected chi connectivity index (χ1v) is 10.8. The molecule has 0 unspecified atom stereocenters. The molecule has 1 aromatic carbocycles. The molecule has 29 heavy (non-hydrogen) atoms. The van der Waals surface area contributed by atoms with Crippen molar-refractivity contribution in [2.75, 3.05) is 38.1 Å². The molecule has 2 aliphatic heterocycles. The molecule has 0 radical (unpaired) electrons. The molecule has 4 aromatic rings. The molecule has 0 spiro atoms. The lowest BCUT2D eigenvalue weighted by Gasteiger charge is -2.19. The Kier molecular flexibility index (Phi) is 3.88. The normalized spacial score (nSPS) is 21.9. The van der Waals surface area contributed by atoms with Crippen LogP contribution >= 0.6 is 11.3 Å². The van der Waals surface area contributed by atoms with E-state index in [0.29, 0.717) is 0 Å². The number of aromatic amines is 1. The average molecular weight is 404 g/mol. The van der Waals surface area contributed by atoms with Gasteiger partial charge in [-0.25, -0.2) is 4.98 Å². The minimum Gasteiger partial charge on any atom is -0.354 e. The largest absolute Gasteiger partial charge is 0.354 e. The number of anilines is 1. The van der Waals surface area contributed by atoms with Crippen molar-refractivity contribution >= 4 is 27.4 Å². The van der Waals surface area contributed by atoms with Crippen LogP contribution in [0.4, 0.5) is 5.82 Å². The van der Waals surface area contributed by atoms with E-state index < -0.39 is 0 Å². The van der Waals surface area contributed by atoms with Crippen molar-refractivity contribution in [3.8, 4) is 22.4 Å². The molecule has 1 N–H and O–H groups in total. The Hall–Kier alpha value is -2.84. The smallest absolute Gasteiger partial charge is 0.151 e. The number of nitrogens with zero attached hydrogens (tertiary/aromatic N) is 6. The van der Waals surface area contributed by atoms with E-state index in [9.17, 15) is 0 Å². The van der Waals surface area contributed by atoms with Crippen LogP contribution in [0.25, 0.3) is 32.6 Å². The first-order chi connectivity index (χ1) is 14.3. The predicted octanol–water partition coefficient (Wildman–Crippen LogP) is 3.14. The zero-order valence-corrected chi connectivity index (χ0v) is 16.9. The van der Waals surface area contributed by atoms with Crippen molar-refractivity contribution in [3.05, 3.63) is 42.2 Å². The standard InChI is InChI=1S/C21H21N7S/c1-27-8-14-10-28(11-15(14)9-27)19-5-4-18(25-26-19)17-3-2-16(13-6-23-24-7-13)20-21(17)29-12-22-20/h2-7,12,14-15H,8-11H2,1H3,(H,23,24)/t14-,15+. The van der Waals surface area contributed by atoms with E-state index in [4.69, 9.17) is 0 Å². The molecule has 2 aliphatic rings. The molecule has 0 saturated carbocycles. The van der Waals surface area contributed by atoms with Crippen LogP contribution in [0, 0.1) is 11.8 Å². The molecule has 2 atom stereocenters. The van der Waals surface area contributed by atoms with Crippen LogP contribution in [0.1, 0.15) is 0 Å². The van der Waals surface area contributed by atoms with Crippen LogP contribution in [0.2, 0.25) is 0 Å². The van der Waals surface area contributed by atoms with Crippen molar-refractivity contribution in [3.63, 3.8) is 0 Å². The van der Waals surface area contributed by atoms with Crippen LogP contribution in [0.5, 0.6) is 0 Å². The predicted molar refractivity (Wildman–Crippen MR) is 115 cm³/mol. The molecular weight excluding hydrogens is 382 g/mol. The van der Waals surface area contributed by atoms with Crippen molar-refractivity contribution in [1.29, 1.82) is 0 Å². The van der Waals surface area contributed by atoms with Gasteiger partial charge in [0.1, 0.15) is 0 Å². The number of nitrogens with one attached hydrogen (secondary N) is 1. The molecule has 8 heteroatoms. The SMILES string of the molecule is CN1C[C@@H]2CN(c3ccc(-c4ccc(-c5cn[nH]c5)c5ncsc45)nn3)C[C@@H]2C1. The van der Waals surface area contributed by atoms with Crippen LogP contribution in [-0.4, -0.2) is 63.5 Å². The number of benzene rings is 1. The van der Waals surface area contributed by atoms with E-state index in [2.05, 4.69) is 66.5 Å². The molecule has 0 bridgehead atoms. The van der Waals surface area contributed by atoms with Gasteiger partial charge < -0.3 is 9.80 Å². The first-order valence-electron chi connectivity index (χ1n) is 9.89. The van der Waals surface area contributed by atoms with E-state index in [1.54, 1.807) is 11.3 Å². The van der Waals surface area contributed by atoms with Crippen LogP contribution in [0.15, 0.2) is 42.2 Å². The van der Waals surface area contributed by atoms with Gasteiger partial charge in [0, 0.05) is 49.1 Å². The summed E-state index contributed by atoms with van der Waals surface area (Å²) in [4.78, 5) is 9.43. The Morgan fingerprint density at radius 2 is 1.83 bits per heavy atom. The van der Waals surface area contributed by atoms with E-state index in [1.165, 1.54) is 13.1 Å². The third-order valence-corrected chi connectivity index (χ3v) is 7.07. The summed E-state index contributed by atoms with van der Waals surface area (Å²) in [5.41, 5.74) is 6.96. The minimum absolute atomic E-state index is 0.758. The molecule has 2 fully saturated rings. The van der Waals surface area contributed by atoms with Gasteiger partial charge in [0.2, 0.25) is 0 Å². The van der Waals surface area contributed by atoms with Gasteiger partial charge in [-0.2, -0.15) is 5.10 Å². The number of fused-ring (bicyclic) bond motifs is 2. The summed E-state index contributed by atoms with van der Waals surface area (Å²) in [5, 5.41) is 16.1. The van der Waals surface area contributed by atoms with Gasteiger partial charge in [0.25, 0.3) is 0 Å². The van der Waals surface area contributed by atoms with E-state index in [-0.39, 0.29) is 0 Å². The van der Waals surface area contributed by atoms with Crippen molar-refractivity contribution < 1.29 is 0 Å². The highest BCUT2D eigenvalue weighted by molar-refractivity contribution is 7.17. The number of H-pyrrole nitrogens is 1. The maximum Gasteiger partial charge on any atom is 0.151 e. The van der Waals surface area contributed by atoms with E-state index >= 15 is 0 Å². The number of thiazole rings is 1. The quantitative estimate of drug-likeness (QED) is 0.567. The van der Waals surface area contributed by atoms with Gasteiger partial charge in [-0.05, 0) is 31.0 Å². The molecular formula is C21H21N7S. The van der Waals surface area contributed by atoms with Crippen LogP contribution in [-0.2, 0) is 0 Å². The highest BCUT2D eigenvalue weighted by Crippen LogP contribution is 2.37. The fraction of sp³-hybridized carbons (Fsp3) is 0.333. The second-order valence-electron chi connectivity index (χ2n) is 8.10. The maximum absolute atomic E-state index is 4.60. The summed E-state index contributed by atoms with van der Waals surface area (Å²) in [6, 6.07) is 8.41. The first kappa shape index (κ1) is 17.1. The number of likely N-dealkylation sites (tertiary alicyclic amines) is 1. The summed E-state index contributed by atoms with van der Waals surface area (Å²) in [6.07, 6.45) is 3.72. The van der Waals surface area contributed by atoms with Crippen molar-refractivity contribution in [2.24, 2.45) is 11.8 Å². The Bertz CT molecular complexity index is 1140. The topological polar surface area (TPSA) is 73.8 Å². The van der Waals surface area contributed by atoms with Gasteiger partial charge in [0.05, 0.1) is 27.6 Å². The van der Waals surface area contributed by atoms with Gasteiger partial charge in [0.15, 0.2) is 5.82 Å². The molecule has 2 saturated heterocycles. The Morgan fingerprint density at radius 1 is 1.00 bits per heavy atom. The second-order valence-corrected chi connectivity index (χ2v) is 8.96. The molecule has 6 rings (SSSR count). The molecule has 3 aromatic heterocycles. The fourth-order valence-electron chi connectivity index (χ4n) is 4.84. The fourth-order valence-corrected chi connectivity index (χ4v) is 5.67. The number of hydrogen-bond acceptors (Lipinski definition) is 7. The second kappa shape index (κ2) is 6.60. The molecule has 0 aliphatic carbocycles. The summed E-state index contributed by atoms with van der Waals surface area (Å²) >= 11 is 1.64. The van der Waals surface area contributed by atoms with E-state index in [0.717, 1.165) is 63.3 Å². The van der Waals surface area contributed by atoms with Crippen molar-refractivity contribution in [2.45, 2.75) is 0 Å². The molecule has 146 valence electrons. The summed E-state index contributed by atoms with van der Waals surface area (Å²) in [5.74, 6) is 2.50. The summed E-state index contributed by atoms with van der Waals surface area (Å²) in [6.45, 7) is 4.56. The highest BCUT2D eigenvalue weighted by Gasteiger charge is 2.39. The zero-order valence-electron chi connectivity index (χ0n) is 16.1. The third-order valence-electron chi connectivity index (χ3n) is 6.21. The number of aromatic nitrogens is 5. The van der Waals surface area contributed by atoms with Crippen molar-refractivity contribution in [1.82, 2.24) is 30.3 Å². The van der Waals surface area contributed by atoms with Gasteiger partial charge in [-0.15, -0.1) is 21.5 Å². The minimum atomic E-state index is 0.758. The average Bonchev–Trinajstić information content (AvgIpc) is 3.51. The molecule has 7 nitrogen and oxygen atoms in total.